The third kappa shape index (κ3) is 7.77. The number of carbonyl (C=O) groups is 4. The summed E-state index contributed by atoms with van der Waals surface area (Å²) in [6.07, 6.45) is -0.114. The fourth-order valence-electron chi connectivity index (χ4n) is 2.52. The molecule has 0 aromatic heterocycles. The van der Waals surface area contributed by atoms with Gasteiger partial charge in [-0.1, -0.05) is 51.1 Å². The maximum atomic E-state index is 12.6. The van der Waals surface area contributed by atoms with Crippen molar-refractivity contribution >= 4 is 23.7 Å². The molecule has 0 aliphatic carbocycles. The molecule has 1 aromatic rings. The molecule has 0 aliphatic rings. The van der Waals surface area contributed by atoms with E-state index in [0.717, 1.165) is 5.56 Å². The standard InChI is InChI=1S/C20H29N3O5/c1-5-15(17(24)19(26)21-4)22-18(25)16(11-13(2)3)23-20(27)28-12-14-9-7-6-8-10-14/h6-10,13,15-16H,5,11-12H2,1-4H3,(H,21,26)(H,22,25)(H,23,27)/t15?,16-/m0/s1. The normalized spacial score (nSPS) is 12.6. The molecule has 8 heteroatoms. The van der Waals surface area contributed by atoms with Gasteiger partial charge in [-0.15, -0.1) is 0 Å². The van der Waals surface area contributed by atoms with Crippen LogP contribution in [0.1, 0.15) is 39.2 Å². The van der Waals surface area contributed by atoms with Crippen molar-refractivity contribution in [1.82, 2.24) is 16.0 Å². The second-order valence-electron chi connectivity index (χ2n) is 6.80. The van der Waals surface area contributed by atoms with Crippen LogP contribution in [0.4, 0.5) is 4.79 Å². The summed E-state index contributed by atoms with van der Waals surface area (Å²) in [6, 6.07) is 7.33. The Hall–Kier alpha value is -2.90. The minimum absolute atomic E-state index is 0.0788. The van der Waals surface area contributed by atoms with Crippen molar-refractivity contribution in [3.63, 3.8) is 0 Å². The first kappa shape index (κ1) is 23.1. The molecular weight excluding hydrogens is 362 g/mol. The molecule has 2 atom stereocenters. The number of ketones is 1. The molecule has 0 fully saturated rings. The van der Waals surface area contributed by atoms with Crippen LogP contribution in [0.5, 0.6) is 0 Å². The van der Waals surface area contributed by atoms with Crippen molar-refractivity contribution in [3.05, 3.63) is 35.9 Å². The predicted octanol–water partition coefficient (Wildman–Crippen LogP) is 1.54. The largest absolute Gasteiger partial charge is 0.445 e. The van der Waals surface area contributed by atoms with Gasteiger partial charge in [0.1, 0.15) is 12.6 Å². The number of hydrogen-bond acceptors (Lipinski definition) is 5. The van der Waals surface area contributed by atoms with E-state index in [1.165, 1.54) is 7.05 Å². The molecule has 154 valence electrons. The van der Waals surface area contributed by atoms with Gasteiger partial charge in [0.25, 0.3) is 5.91 Å². The lowest BCUT2D eigenvalue weighted by Gasteiger charge is -2.22. The van der Waals surface area contributed by atoms with Crippen molar-refractivity contribution in [2.45, 2.75) is 52.3 Å². The van der Waals surface area contributed by atoms with E-state index in [2.05, 4.69) is 16.0 Å². The molecule has 1 rings (SSSR count). The lowest BCUT2D eigenvalue weighted by atomic mass is 10.0. The molecule has 1 aromatic carbocycles. The van der Waals surface area contributed by atoms with Crippen LogP contribution < -0.4 is 16.0 Å². The van der Waals surface area contributed by atoms with E-state index < -0.39 is 35.8 Å². The van der Waals surface area contributed by atoms with Crippen LogP contribution >= 0.6 is 0 Å². The topological polar surface area (TPSA) is 114 Å². The van der Waals surface area contributed by atoms with Crippen LogP contribution in [-0.4, -0.2) is 42.8 Å². The minimum Gasteiger partial charge on any atom is -0.445 e. The van der Waals surface area contributed by atoms with Crippen LogP contribution in [0.2, 0.25) is 0 Å². The van der Waals surface area contributed by atoms with Gasteiger partial charge >= 0.3 is 6.09 Å². The molecule has 0 heterocycles. The number of alkyl carbamates (subject to hydrolysis) is 1. The molecule has 0 spiro atoms. The first-order chi connectivity index (χ1) is 13.3. The summed E-state index contributed by atoms with van der Waals surface area (Å²) in [7, 11) is 1.35. The summed E-state index contributed by atoms with van der Waals surface area (Å²) in [5.74, 6) is -1.93. The van der Waals surface area contributed by atoms with Crippen LogP contribution in [-0.2, 0) is 25.7 Å². The molecule has 0 radical (unpaired) electrons. The maximum Gasteiger partial charge on any atom is 0.408 e. The summed E-state index contributed by atoms with van der Waals surface area (Å²) in [5, 5.41) is 7.34. The zero-order chi connectivity index (χ0) is 21.1. The fourth-order valence-corrected chi connectivity index (χ4v) is 2.52. The third-order valence-electron chi connectivity index (χ3n) is 4.02. The van der Waals surface area contributed by atoms with Gasteiger partial charge in [0, 0.05) is 7.05 Å². The number of likely N-dealkylation sites (N-methyl/N-ethyl adjacent to an activating group) is 1. The van der Waals surface area contributed by atoms with Crippen LogP contribution in [0.25, 0.3) is 0 Å². The van der Waals surface area contributed by atoms with E-state index in [1.807, 2.05) is 44.2 Å². The Morgan fingerprint density at radius 2 is 1.64 bits per heavy atom. The molecule has 3 N–H and O–H groups in total. The zero-order valence-corrected chi connectivity index (χ0v) is 16.8. The molecule has 3 amide bonds. The first-order valence-corrected chi connectivity index (χ1v) is 9.31. The number of amides is 3. The number of rotatable bonds is 10. The SMILES string of the molecule is CCC(NC(=O)[C@H](CC(C)C)NC(=O)OCc1ccccc1)C(=O)C(=O)NC. The lowest BCUT2D eigenvalue weighted by Crippen LogP contribution is -2.53. The Labute approximate surface area is 165 Å². The van der Waals surface area contributed by atoms with Crippen molar-refractivity contribution in [2.75, 3.05) is 7.05 Å². The van der Waals surface area contributed by atoms with Crippen molar-refractivity contribution in [3.8, 4) is 0 Å². The number of carbonyl (C=O) groups excluding carboxylic acids is 4. The number of Topliss-reactive ketones (excluding diaryl/α,β-unsaturated/α-hetero) is 1. The molecule has 0 aliphatic heterocycles. The number of hydrogen-bond donors (Lipinski definition) is 3. The van der Waals surface area contributed by atoms with Gasteiger partial charge in [-0.05, 0) is 24.3 Å². The van der Waals surface area contributed by atoms with Gasteiger partial charge in [-0.25, -0.2) is 4.79 Å². The van der Waals surface area contributed by atoms with Gasteiger partial charge in [0.2, 0.25) is 11.7 Å². The smallest absolute Gasteiger partial charge is 0.408 e. The van der Waals surface area contributed by atoms with E-state index in [9.17, 15) is 19.2 Å². The third-order valence-corrected chi connectivity index (χ3v) is 4.02. The van der Waals surface area contributed by atoms with Crippen LogP contribution in [0.15, 0.2) is 30.3 Å². The fraction of sp³-hybridized carbons (Fsp3) is 0.500. The Morgan fingerprint density at radius 3 is 2.18 bits per heavy atom. The van der Waals surface area contributed by atoms with Gasteiger partial charge in [-0.3, -0.25) is 14.4 Å². The average Bonchev–Trinajstić information content (AvgIpc) is 2.69. The Morgan fingerprint density at radius 1 is 1.00 bits per heavy atom. The highest BCUT2D eigenvalue weighted by Gasteiger charge is 2.29. The van der Waals surface area contributed by atoms with Crippen molar-refractivity contribution < 1.29 is 23.9 Å². The summed E-state index contributed by atoms with van der Waals surface area (Å²) < 4.78 is 5.16. The zero-order valence-electron chi connectivity index (χ0n) is 16.8. The van der Waals surface area contributed by atoms with E-state index in [4.69, 9.17) is 4.74 Å². The Bertz CT molecular complexity index is 676. The van der Waals surface area contributed by atoms with Crippen LogP contribution in [0.3, 0.4) is 0 Å². The summed E-state index contributed by atoms with van der Waals surface area (Å²) in [4.78, 5) is 48.3. The number of nitrogens with one attached hydrogen (secondary N) is 3. The Balaban J connectivity index is 2.71. The summed E-state index contributed by atoms with van der Waals surface area (Å²) >= 11 is 0. The molecule has 0 saturated heterocycles. The maximum absolute atomic E-state index is 12.6. The number of ether oxygens (including phenoxy) is 1. The highest BCUT2D eigenvalue weighted by atomic mass is 16.5. The van der Waals surface area contributed by atoms with Crippen molar-refractivity contribution in [2.24, 2.45) is 5.92 Å². The van der Waals surface area contributed by atoms with Gasteiger partial charge in [-0.2, -0.15) is 0 Å². The second-order valence-corrected chi connectivity index (χ2v) is 6.80. The molecule has 0 bridgehead atoms. The predicted molar refractivity (Wildman–Crippen MR) is 104 cm³/mol. The van der Waals surface area contributed by atoms with Gasteiger partial charge in [0.15, 0.2) is 0 Å². The molecule has 8 nitrogen and oxygen atoms in total. The van der Waals surface area contributed by atoms with Gasteiger partial charge in [0.05, 0.1) is 6.04 Å². The monoisotopic (exact) mass is 391 g/mol. The summed E-state index contributed by atoms with van der Waals surface area (Å²) in [6.45, 7) is 5.58. The number of benzene rings is 1. The first-order valence-electron chi connectivity index (χ1n) is 9.31. The minimum atomic E-state index is -0.954. The average molecular weight is 391 g/mol. The Kier molecular flexibility index (Phi) is 9.70. The molecule has 28 heavy (non-hydrogen) atoms. The summed E-state index contributed by atoms with van der Waals surface area (Å²) in [5.41, 5.74) is 0.824. The van der Waals surface area contributed by atoms with E-state index >= 15 is 0 Å². The quantitative estimate of drug-likeness (QED) is 0.524. The highest BCUT2D eigenvalue weighted by Crippen LogP contribution is 2.07. The lowest BCUT2D eigenvalue weighted by molar-refractivity contribution is -0.140. The van der Waals surface area contributed by atoms with E-state index in [0.29, 0.717) is 6.42 Å². The van der Waals surface area contributed by atoms with E-state index in [-0.39, 0.29) is 18.9 Å². The van der Waals surface area contributed by atoms with Gasteiger partial charge < -0.3 is 20.7 Å². The van der Waals surface area contributed by atoms with Crippen molar-refractivity contribution in [1.29, 1.82) is 0 Å². The van der Waals surface area contributed by atoms with E-state index in [1.54, 1.807) is 6.92 Å². The highest BCUT2D eigenvalue weighted by molar-refractivity contribution is 6.38. The molecule has 0 saturated carbocycles. The molecular formula is C20H29N3O5. The molecule has 1 unspecified atom stereocenters. The second kappa shape index (κ2) is 11.7. The van der Waals surface area contributed by atoms with Crippen LogP contribution in [0, 0.1) is 5.92 Å².